The maximum absolute atomic E-state index is 11.1. The SMILES string of the molecule is CC1(C(=O)O)CC2CCC1CC2. The zero-order valence-corrected chi connectivity index (χ0v) is 7.55. The molecule has 2 nitrogen and oxygen atoms in total. The van der Waals surface area contributed by atoms with E-state index in [1.165, 1.54) is 12.8 Å². The van der Waals surface area contributed by atoms with Gasteiger partial charge in [-0.1, -0.05) is 12.8 Å². The van der Waals surface area contributed by atoms with E-state index < -0.39 is 5.97 Å². The van der Waals surface area contributed by atoms with Crippen molar-refractivity contribution in [3.63, 3.8) is 0 Å². The highest BCUT2D eigenvalue weighted by Crippen LogP contribution is 2.52. The quantitative estimate of drug-likeness (QED) is 0.652. The first-order valence-electron chi connectivity index (χ1n) is 4.86. The normalized spacial score (nSPS) is 46.1. The van der Waals surface area contributed by atoms with Gasteiger partial charge in [-0.05, 0) is 38.0 Å². The maximum atomic E-state index is 11.1. The van der Waals surface area contributed by atoms with E-state index >= 15 is 0 Å². The van der Waals surface area contributed by atoms with Crippen LogP contribution in [-0.2, 0) is 4.79 Å². The van der Waals surface area contributed by atoms with Crippen molar-refractivity contribution in [1.29, 1.82) is 0 Å². The van der Waals surface area contributed by atoms with Crippen LogP contribution in [0.5, 0.6) is 0 Å². The third-order valence-electron chi connectivity index (χ3n) is 3.95. The third-order valence-corrected chi connectivity index (χ3v) is 3.95. The van der Waals surface area contributed by atoms with Crippen LogP contribution >= 0.6 is 0 Å². The Labute approximate surface area is 73.0 Å². The van der Waals surface area contributed by atoms with Crippen molar-refractivity contribution < 1.29 is 9.90 Å². The van der Waals surface area contributed by atoms with Crippen molar-refractivity contribution in [2.75, 3.05) is 0 Å². The van der Waals surface area contributed by atoms with Crippen molar-refractivity contribution >= 4 is 5.97 Å². The molecule has 2 heteroatoms. The first-order chi connectivity index (χ1) is 5.63. The molecular weight excluding hydrogens is 152 g/mol. The molecule has 3 rings (SSSR count). The van der Waals surface area contributed by atoms with E-state index in [1.54, 1.807) is 0 Å². The van der Waals surface area contributed by atoms with E-state index in [0.717, 1.165) is 19.3 Å². The molecule has 1 atom stereocenters. The molecule has 2 bridgehead atoms. The Morgan fingerprint density at radius 2 is 1.92 bits per heavy atom. The Morgan fingerprint density at radius 1 is 1.33 bits per heavy atom. The predicted molar refractivity (Wildman–Crippen MR) is 45.8 cm³/mol. The summed E-state index contributed by atoms with van der Waals surface area (Å²) in [6.07, 6.45) is 5.76. The average Bonchev–Trinajstić information content (AvgIpc) is 2.05. The first kappa shape index (κ1) is 8.09. The maximum Gasteiger partial charge on any atom is 0.309 e. The molecule has 3 aliphatic carbocycles. The summed E-state index contributed by atoms with van der Waals surface area (Å²) in [6, 6.07) is 0. The van der Waals surface area contributed by atoms with Gasteiger partial charge in [0.1, 0.15) is 0 Å². The lowest BCUT2D eigenvalue weighted by Crippen LogP contribution is -2.44. The van der Waals surface area contributed by atoms with Crippen LogP contribution < -0.4 is 0 Å². The smallest absolute Gasteiger partial charge is 0.309 e. The van der Waals surface area contributed by atoms with Crippen molar-refractivity contribution in [2.24, 2.45) is 17.3 Å². The molecule has 0 heterocycles. The highest BCUT2D eigenvalue weighted by Gasteiger charge is 2.48. The number of hydrogen-bond acceptors (Lipinski definition) is 1. The summed E-state index contributed by atoms with van der Waals surface area (Å²) in [5, 5.41) is 9.12. The highest BCUT2D eigenvalue weighted by molar-refractivity contribution is 5.74. The molecule has 0 amide bonds. The van der Waals surface area contributed by atoms with Gasteiger partial charge in [0.25, 0.3) is 0 Å². The summed E-state index contributed by atoms with van der Waals surface area (Å²) in [6.45, 7) is 1.94. The van der Waals surface area contributed by atoms with E-state index in [4.69, 9.17) is 5.11 Å². The van der Waals surface area contributed by atoms with Gasteiger partial charge in [0.2, 0.25) is 0 Å². The number of rotatable bonds is 1. The topological polar surface area (TPSA) is 37.3 Å². The van der Waals surface area contributed by atoms with Crippen molar-refractivity contribution in [1.82, 2.24) is 0 Å². The Hall–Kier alpha value is -0.530. The van der Waals surface area contributed by atoms with Crippen molar-refractivity contribution in [3.8, 4) is 0 Å². The van der Waals surface area contributed by atoms with Crippen LogP contribution in [0.25, 0.3) is 0 Å². The van der Waals surface area contributed by atoms with E-state index in [0.29, 0.717) is 11.8 Å². The van der Waals surface area contributed by atoms with Crippen LogP contribution in [0.15, 0.2) is 0 Å². The Balaban J connectivity index is 2.22. The van der Waals surface area contributed by atoms with Crippen molar-refractivity contribution in [3.05, 3.63) is 0 Å². The minimum absolute atomic E-state index is 0.388. The van der Waals surface area contributed by atoms with Gasteiger partial charge < -0.3 is 5.11 Å². The Morgan fingerprint density at radius 3 is 2.17 bits per heavy atom. The number of carbonyl (C=O) groups is 1. The fraction of sp³-hybridized carbons (Fsp3) is 0.900. The van der Waals surface area contributed by atoms with E-state index in [2.05, 4.69) is 0 Å². The van der Waals surface area contributed by atoms with Crippen LogP contribution in [0, 0.1) is 17.3 Å². The molecule has 12 heavy (non-hydrogen) atoms. The van der Waals surface area contributed by atoms with Gasteiger partial charge in [-0.15, -0.1) is 0 Å². The molecule has 0 aromatic carbocycles. The van der Waals surface area contributed by atoms with Crippen LogP contribution in [0.2, 0.25) is 0 Å². The van der Waals surface area contributed by atoms with Crippen LogP contribution in [-0.4, -0.2) is 11.1 Å². The minimum atomic E-state index is -0.572. The van der Waals surface area contributed by atoms with Gasteiger partial charge in [-0.3, -0.25) is 4.79 Å². The summed E-state index contributed by atoms with van der Waals surface area (Å²) < 4.78 is 0. The molecule has 3 saturated carbocycles. The second-order valence-electron chi connectivity index (χ2n) is 4.64. The molecule has 0 aromatic rings. The Kier molecular flexibility index (Phi) is 1.67. The average molecular weight is 168 g/mol. The first-order valence-corrected chi connectivity index (χ1v) is 4.86. The number of fused-ring (bicyclic) bond motifs is 3. The lowest BCUT2D eigenvalue weighted by Gasteiger charge is -2.47. The molecule has 0 saturated heterocycles. The zero-order valence-electron chi connectivity index (χ0n) is 7.55. The summed E-state index contributed by atoms with van der Waals surface area (Å²) in [5.41, 5.74) is -0.388. The highest BCUT2D eigenvalue weighted by atomic mass is 16.4. The minimum Gasteiger partial charge on any atom is -0.481 e. The van der Waals surface area contributed by atoms with E-state index in [1.807, 2.05) is 6.92 Å². The monoisotopic (exact) mass is 168 g/mol. The second-order valence-corrected chi connectivity index (χ2v) is 4.64. The lowest BCUT2D eigenvalue weighted by molar-refractivity contribution is -0.158. The van der Waals surface area contributed by atoms with Gasteiger partial charge in [0, 0.05) is 0 Å². The molecule has 3 aliphatic rings. The van der Waals surface area contributed by atoms with Crippen LogP contribution in [0.3, 0.4) is 0 Å². The zero-order chi connectivity index (χ0) is 8.77. The van der Waals surface area contributed by atoms with Gasteiger partial charge in [0.05, 0.1) is 5.41 Å². The standard InChI is InChI=1S/C10H16O2/c1-10(9(11)12)6-7-2-4-8(10)5-3-7/h7-8H,2-6H2,1H3,(H,11,12). The fourth-order valence-corrected chi connectivity index (χ4v) is 3.03. The molecule has 0 spiro atoms. The fourth-order valence-electron chi connectivity index (χ4n) is 3.03. The largest absolute Gasteiger partial charge is 0.481 e. The summed E-state index contributed by atoms with van der Waals surface area (Å²) in [7, 11) is 0. The summed E-state index contributed by atoms with van der Waals surface area (Å²) in [4.78, 5) is 11.1. The Bertz CT molecular complexity index is 204. The molecule has 0 radical (unpaired) electrons. The molecule has 1 unspecified atom stereocenters. The predicted octanol–water partition coefficient (Wildman–Crippen LogP) is 2.29. The van der Waals surface area contributed by atoms with Gasteiger partial charge in [-0.2, -0.15) is 0 Å². The lowest BCUT2D eigenvalue weighted by atomic mass is 9.57. The molecule has 1 N–H and O–H groups in total. The van der Waals surface area contributed by atoms with E-state index in [9.17, 15) is 4.79 Å². The molecule has 68 valence electrons. The number of carboxylic acids is 1. The summed E-state index contributed by atoms with van der Waals surface area (Å²) in [5.74, 6) is 0.591. The van der Waals surface area contributed by atoms with Gasteiger partial charge in [-0.25, -0.2) is 0 Å². The molecular formula is C10H16O2. The summed E-state index contributed by atoms with van der Waals surface area (Å²) >= 11 is 0. The van der Waals surface area contributed by atoms with Crippen LogP contribution in [0.1, 0.15) is 39.0 Å². The number of aliphatic carboxylic acids is 1. The van der Waals surface area contributed by atoms with Crippen LogP contribution in [0.4, 0.5) is 0 Å². The van der Waals surface area contributed by atoms with E-state index in [-0.39, 0.29) is 5.41 Å². The molecule has 0 aromatic heterocycles. The van der Waals surface area contributed by atoms with Gasteiger partial charge in [0.15, 0.2) is 0 Å². The number of carboxylic acid groups (broad SMARTS) is 1. The van der Waals surface area contributed by atoms with Gasteiger partial charge >= 0.3 is 5.97 Å². The van der Waals surface area contributed by atoms with Crippen molar-refractivity contribution in [2.45, 2.75) is 39.0 Å². The third kappa shape index (κ3) is 0.970. The molecule has 3 fully saturated rings. The molecule has 0 aliphatic heterocycles. The number of hydrogen-bond donors (Lipinski definition) is 1. The second kappa shape index (κ2) is 2.48.